The van der Waals surface area contributed by atoms with Crippen LogP contribution in [-0.2, 0) is 9.53 Å². The van der Waals surface area contributed by atoms with Gasteiger partial charge in [-0.05, 0) is 24.6 Å². The molecule has 1 unspecified atom stereocenters. The summed E-state index contributed by atoms with van der Waals surface area (Å²) in [6.45, 7) is 0.822. The molecule has 8 heteroatoms. The first-order chi connectivity index (χ1) is 12.0. The van der Waals surface area contributed by atoms with Crippen LogP contribution < -0.4 is 0 Å². The van der Waals surface area contributed by atoms with Gasteiger partial charge in [0, 0.05) is 18.7 Å². The van der Waals surface area contributed by atoms with E-state index in [9.17, 15) is 9.59 Å². The van der Waals surface area contributed by atoms with Crippen LogP contribution in [0.25, 0.3) is 11.3 Å². The summed E-state index contributed by atoms with van der Waals surface area (Å²) in [6, 6.07) is 6.73. The number of aromatic nitrogens is 2. The lowest BCUT2D eigenvalue weighted by molar-refractivity contribution is -0.144. The zero-order chi connectivity index (χ0) is 18.0. The Hall–Kier alpha value is -2.18. The molecule has 0 N–H and O–H groups in total. The fourth-order valence-electron chi connectivity index (χ4n) is 2.75. The van der Waals surface area contributed by atoms with Crippen molar-refractivity contribution in [1.82, 2.24) is 14.9 Å². The Bertz CT molecular complexity index is 829. The monoisotopic (exact) mass is 379 g/mol. The number of amides is 1. The van der Waals surface area contributed by atoms with Crippen molar-refractivity contribution < 1.29 is 14.3 Å². The van der Waals surface area contributed by atoms with Gasteiger partial charge in [0.25, 0.3) is 5.91 Å². The number of carbonyl (C=O) groups is 2. The third kappa shape index (κ3) is 3.75. The van der Waals surface area contributed by atoms with E-state index in [1.165, 1.54) is 13.4 Å². The van der Waals surface area contributed by atoms with Crippen LogP contribution in [-0.4, -0.2) is 46.9 Å². The Balaban J connectivity index is 1.80. The van der Waals surface area contributed by atoms with E-state index in [-0.39, 0.29) is 23.5 Å². The highest BCUT2D eigenvalue weighted by Gasteiger charge is 2.32. The first-order valence-corrected chi connectivity index (χ1v) is 8.39. The molecule has 3 rings (SSSR count). The number of hydrogen-bond donors (Lipinski definition) is 0. The molecule has 1 fully saturated rings. The lowest BCUT2D eigenvalue weighted by atomic mass is 10.1. The molecule has 1 aliphatic rings. The minimum atomic E-state index is -0.297. The molecule has 0 aliphatic carbocycles. The number of halogens is 2. The van der Waals surface area contributed by atoms with Crippen molar-refractivity contribution in [2.75, 3.05) is 20.2 Å². The van der Waals surface area contributed by atoms with Crippen LogP contribution in [0.15, 0.2) is 30.6 Å². The summed E-state index contributed by atoms with van der Waals surface area (Å²) in [5, 5.41) is 0.854. The summed E-state index contributed by atoms with van der Waals surface area (Å²) >= 11 is 12.0. The number of nitrogens with zero attached hydrogens (tertiary/aromatic N) is 3. The first kappa shape index (κ1) is 17.6. The molecule has 1 aromatic carbocycles. The van der Waals surface area contributed by atoms with Crippen molar-refractivity contribution in [1.29, 1.82) is 0 Å². The Kier molecular flexibility index (Phi) is 5.20. The number of rotatable bonds is 3. The van der Waals surface area contributed by atoms with Gasteiger partial charge in [0.05, 0.1) is 28.8 Å². The van der Waals surface area contributed by atoms with Crippen LogP contribution in [0.2, 0.25) is 10.0 Å². The van der Waals surface area contributed by atoms with Gasteiger partial charge in [-0.15, -0.1) is 0 Å². The van der Waals surface area contributed by atoms with E-state index < -0.39 is 0 Å². The zero-order valence-electron chi connectivity index (χ0n) is 13.4. The largest absolute Gasteiger partial charge is 0.469 e. The fourth-order valence-corrected chi connectivity index (χ4v) is 3.05. The summed E-state index contributed by atoms with van der Waals surface area (Å²) < 4.78 is 4.74. The van der Waals surface area contributed by atoms with Crippen LogP contribution in [0.4, 0.5) is 0 Å². The molecule has 1 atom stereocenters. The van der Waals surface area contributed by atoms with Crippen LogP contribution in [0.5, 0.6) is 0 Å². The van der Waals surface area contributed by atoms with E-state index >= 15 is 0 Å². The maximum Gasteiger partial charge on any atom is 0.310 e. The number of ether oxygens (including phenoxy) is 1. The van der Waals surface area contributed by atoms with E-state index in [0.717, 1.165) is 5.56 Å². The number of benzene rings is 1. The summed E-state index contributed by atoms with van der Waals surface area (Å²) in [4.78, 5) is 34.1. The second-order valence-electron chi connectivity index (χ2n) is 5.68. The van der Waals surface area contributed by atoms with E-state index in [1.807, 2.05) is 0 Å². The lowest BCUT2D eigenvalue weighted by Crippen LogP contribution is -2.30. The molecule has 1 aliphatic heterocycles. The van der Waals surface area contributed by atoms with E-state index in [1.54, 1.807) is 29.2 Å². The average molecular weight is 380 g/mol. The van der Waals surface area contributed by atoms with E-state index in [4.69, 9.17) is 27.9 Å². The Labute approximate surface area is 154 Å². The van der Waals surface area contributed by atoms with Crippen molar-refractivity contribution in [3.05, 3.63) is 46.3 Å². The number of carbonyl (C=O) groups excluding carboxylic acids is 2. The number of hydrogen-bond acceptors (Lipinski definition) is 5. The molecular formula is C17H15Cl2N3O3. The molecule has 130 valence electrons. The standard InChI is InChI=1S/C17H15Cl2N3O3/c1-25-17(24)11-4-5-22(8-11)16(23)15-7-14(20-9-21-15)10-2-3-12(18)13(19)6-10/h2-3,6-7,9,11H,4-5,8H2,1H3. The zero-order valence-corrected chi connectivity index (χ0v) is 14.9. The third-order valence-electron chi connectivity index (χ3n) is 4.11. The summed E-state index contributed by atoms with van der Waals surface area (Å²) in [5.41, 5.74) is 1.57. The number of esters is 1. The second kappa shape index (κ2) is 7.37. The SMILES string of the molecule is COC(=O)C1CCN(C(=O)c2cc(-c3ccc(Cl)c(Cl)c3)ncn2)C1. The van der Waals surface area contributed by atoms with E-state index in [2.05, 4.69) is 9.97 Å². The molecule has 0 bridgehead atoms. The Morgan fingerprint density at radius 3 is 2.72 bits per heavy atom. The van der Waals surface area contributed by atoms with Crippen molar-refractivity contribution in [2.45, 2.75) is 6.42 Å². The highest BCUT2D eigenvalue weighted by atomic mass is 35.5. The molecule has 2 heterocycles. The predicted molar refractivity (Wildman–Crippen MR) is 93.5 cm³/mol. The smallest absolute Gasteiger partial charge is 0.310 e. The molecule has 0 spiro atoms. The number of methoxy groups -OCH3 is 1. The molecule has 1 saturated heterocycles. The highest BCUT2D eigenvalue weighted by Crippen LogP contribution is 2.28. The van der Waals surface area contributed by atoms with Gasteiger partial charge in [-0.25, -0.2) is 9.97 Å². The predicted octanol–water partition coefficient (Wildman–Crippen LogP) is 3.09. The van der Waals surface area contributed by atoms with Crippen LogP contribution in [0.1, 0.15) is 16.9 Å². The van der Waals surface area contributed by atoms with E-state index in [0.29, 0.717) is 35.2 Å². The lowest BCUT2D eigenvalue weighted by Gasteiger charge is -2.15. The molecule has 2 aromatic rings. The average Bonchev–Trinajstić information content (AvgIpc) is 3.13. The van der Waals surface area contributed by atoms with Gasteiger partial charge >= 0.3 is 5.97 Å². The molecule has 0 radical (unpaired) electrons. The third-order valence-corrected chi connectivity index (χ3v) is 4.85. The van der Waals surface area contributed by atoms with Gasteiger partial charge in [0.15, 0.2) is 0 Å². The van der Waals surface area contributed by atoms with Crippen molar-refractivity contribution >= 4 is 35.1 Å². The molecule has 6 nitrogen and oxygen atoms in total. The van der Waals surface area contributed by atoms with Gasteiger partial charge in [0.2, 0.25) is 0 Å². The molecule has 1 aromatic heterocycles. The normalized spacial score (nSPS) is 16.8. The second-order valence-corrected chi connectivity index (χ2v) is 6.49. The quantitative estimate of drug-likeness (QED) is 0.766. The van der Waals surface area contributed by atoms with Gasteiger partial charge in [-0.2, -0.15) is 0 Å². The van der Waals surface area contributed by atoms with Crippen LogP contribution in [0, 0.1) is 5.92 Å². The molecular weight excluding hydrogens is 365 g/mol. The number of likely N-dealkylation sites (tertiary alicyclic amines) is 1. The topological polar surface area (TPSA) is 72.4 Å². The Morgan fingerprint density at radius 1 is 1.20 bits per heavy atom. The van der Waals surface area contributed by atoms with Gasteiger partial charge in [0.1, 0.15) is 12.0 Å². The molecule has 25 heavy (non-hydrogen) atoms. The first-order valence-electron chi connectivity index (χ1n) is 7.64. The minimum Gasteiger partial charge on any atom is -0.469 e. The maximum atomic E-state index is 12.6. The highest BCUT2D eigenvalue weighted by molar-refractivity contribution is 6.42. The van der Waals surface area contributed by atoms with Crippen molar-refractivity contribution in [2.24, 2.45) is 5.92 Å². The summed E-state index contributed by atoms with van der Waals surface area (Å²) in [7, 11) is 1.35. The Morgan fingerprint density at radius 2 is 2.00 bits per heavy atom. The fraction of sp³-hybridized carbons (Fsp3) is 0.294. The van der Waals surface area contributed by atoms with Crippen LogP contribution in [0.3, 0.4) is 0 Å². The van der Waals surface area contributed by atoms with Gasteiger partial charge in [-0.1, -0.05) is 29.3 Å². The minimum absolute atomic E-state index is 0.241. The summed E-state index contributed by atoms with van der Waals surface area (Å²) in [6.07, 6.45) is 1.92. The molecule has 1 amide bonds. The van der Waals surface area contributed by atoms with Gasteiger partial charge in [-0.3, -0.25) is 9.59 Å². The maximum absolute atomic E-state index is 12.6. The summed E-state index contributed by atoms with van der Waals surface area (Å²) in [5.74, 6) is -0.824. The molecule has 0 saturated carbocycles. The van der Waals surface area contributed by atoms with Gasteiger partial charge < -0.3 is 9.64 Å². The van der Waals surface area contributed by atoms with Crippen molar-refractivity contribution in [3.63, 3.8) is 0 Å². The van der Waals surface area contributed by atoms with Crippen molar-refractivity contribution in [3.8, 4) is 11.3 Å². The van der Waals surface area contributed by atoms with Crippen LogP contribution >= 0.6 is 23.2 Å².